The Morgan fingerprint density at radius 3 is 2.74 bits per heavy atom. The minimum absolute atomic E-state index is 0.00802. The Balaban J connectivity index is 2.06. The number of hydrogen-bond acceptors (Lipinski definition) is 5. The van der Waals surface area contributed by atoms with E-state index in [4.69, 9.17) is 11.5 Å². The van der Waals surface area contributed by atoms with Crippen LogP contribution in [-0.4, -0.2) is 10.8 Å². The number of nitrogens with two attached hydrogens (primary N) is 2. The molecular formula is C16H15N3O3S. The number of nitro benzene ring substituents is 1. The zero-order valence-corrected chi connectivity index (χ0v) is 13.0. The molecule has 118 valence electrons. The second kappa shape index (κ2) is 5.92. The van der Waals surface area contributed by atoms with Gasteiger partial charge in [-0.05, 0) is 30.0 Å². The first-order valence-corrected chi connectivity index (χ1v) is 7.97. The number of thioether (sulfide) groups is 1. The Bertz CT molecular complexity index is 807. The van der Waals surface area contributed by atoms with E-state index in [-0.39, 0.29) is 22.2 Å². The van der Waals surface area contributed by atoms with E-state index in [1.165, 1.54) is 11.6 Å². The molecule has 0 radical (unpaired) electrons. The van der Waals surface area contributed by atoms with Gasteiger partial charge >= 0.3 is 0 Å². The van der Waals surface area contributed by atoms with Crippen LogP contribution in [-0.2, 0) is 6.42 Å². The summed E-state index contributed by atoms with van der Waals surface area (Å²) in [5, 5.41) is 11.1. The number of nitrogen functional groups attached to an aromatic ring is 1. The first-order chi connectivity index (χ1) is 11.0. The molecule has 0 saturated carbocycles. The van der Waals surface area contributed by atoms with Crippen LogP contribution in [0.4, 0.5) is 11.4 Å². The molecule has 0 spiro atoms. The van der Waals surface area contributed by atoms with Crippen LogP contribution in [0.3, 0.4) is 0 Å². The molecule has 3 rings (SSSR count). The van der Waals surface area contributed by atoms with E-state index in [1.807, 2.05) is 18.2 Å². The maximum atomic E-state index is 11.5. The highest BCUT2D eigenvalue weighted by Gasteiger charge is 2.26. The highest BCUT2D eigenvalue weighted by molar-refractivity contribution is 7.99. The lowest BCUT2D eigenvalue weighted by molar-refractivity contribution is -0.384. The number of rotatable bonds is 3. The van der Waals surface area contributed by atoms with Crippen molar-refractivity contribution in [1.82, 2.24) is 0 Å². The second-order valence-corrected chi connectivity index (χ2v) is 6.62. The maximum Gasteiger partial charge on any atom is 0.270 e. The third-order valence-electron chi connectivity index (χ3n) is 3.94. The normalized spacial score (nSPS) is 16.6. The van der Waals surface area contributed by atoms with Gasteiger partial charge in [-0.1, -0.05) is 18.2 Å². The second-order valence-electron chi connectivity index (χ2n) is 5.37. The van der Waals surface area contributed by atoms with E-state index >= 15 is 0 Å². The Hall–Kier alpha value is -2.54. The molecule has 2 aromatic rings. The van der Waals surface area contributed by atoms with Gasteiger partial charge in [-0.2, -0.15) is 0 Å². The summed E-state index contributed by atoms with van der Waals surface area (Å²) in [4.78, 5) is 23.3. The summed E-state index contributed by atoms with van der Waals surface area (Å²) in [5.41, 5.74) is 13.3. The summed E-state index contributed by atoms with van der Waals surface area (Å²) in [6.07, 6.45) is 1.66. The van der Waals surface area contributed by atoms with Crippen LogP contribution in [0.5, 0.6) is 0 Å². The Morgan fingerprint density at radius 1 is 1.30 bits per heavy atom. The molecule has 0 bridgehead atoms. The number of non-ortho nitro benzene ring substituents is 1. The molecule has 23 heavy (non-hydrogen) atoms. The maximum absolute atomic E-state index is 11.5. The van der Waals surface area contributed by atoms with Crippen LogP contribution in [0.2, 0.25) is 0 Å². The van der Waals surface area contributed by atoms with Gasteiger partial charge in [0.05, 0.1) is 10.5 Å². The lowest BCUT2D eigenvalue weighted by Gasteiger charge is -2.25. The van der Waals surface area contributed by atoms with Crippen molar-refractivity contribution in [3.63, 3.8) is 0 Å². The van der Waals surface area contributed by atoms with E-state index in [1.54, 1.807) is 11.8 Å². The molecule has 6 nitrogen and oxygen atoms in total. The highest BCUT2D eigenvalue weighted by atomic mass is 32.2. The molecule has 2 aromatic carbocycles. The van der Waals surface area contributed by atoms with E-state index in [0.717, 1.165) is 23.8 Å². The number of amides is 1. The lowest BCUT2D eigenvalue weighted by Crippen LogP contribution is -2.16. The van der Waals surface area contributed by atoms with Gasteiger partial charge in [0.25, 0.3) is 11.6 Å². The standard InChI is InChI=1S/C16H15N3O3S/c17-15-11(7-10(19(21)22)8-12(15)16(18)20)14-6-5-9-3-1-2-4-13(9)23-14/h1-4,7-8,14H,5-6,17H2,(H2,18,20). The first-order valence-electron chi connectivity index (χ1n) is 7.09. The van der Waals surface area contributed by atoms with Gasteiger partial charge in [0.2, 0.25) is 0 Å². The number of aryl methyl sites for hydroxylation is 1. The van der Waals surface area contributed by atoms with Crippen molar-refractivity contribution in [2.45, 2.75) is 23.0 Å². The van der Waals surface area contributed by atoms with Gasteiger partial charge in [-0.25, -0.2) is 0 Å². The average Bonchev–Trinajstić information content (AvgIpc) is 2.54. The minimum atomic E-state index is -0.756. The number of carbonyl (C=O) groups is 1. The molecule has 0 fully saturated rings. The SMILES string of the molecule is NC(=O)c1cc([N+](=O)[O-])cc(C2CCc3ccccc3S2)c1N. The number of benzene rings is 2. The lowest BCUT2D eigenvalue weighted by atomic mass is 9.98. The van der Waals surface area contributed by atoms with Gasteiger partial charge in [-0.15, -0.1) is 11.8 Å². The monoisotopic (exact) mass is 329 g/mol. The molecular weight excluding hydrogens is 314 g/mol. The van der Waals surface area contributed by atoms with Crippen molar-refractivity contribution in [2.24, 2.45) is 5.73 Å². The van der Waals surface area contributed by atoms with Crippen LogP contribution < -0.4 is 11.5 Å². The Labute approximate surface area is 137 Å². The predicted molar refractivity (Wildman–Crippen MR) is 89.4 cm³/mol. The summed E-state index contributed by atoms with van der Waals surface area (Å²) < 4.78 is 0. The molecule has 1 heterocycles. The van der Waals surface area contributed by atoms with E-state index in [0.29, 0.717) is 5.56 Å². The van der Waals surface area contributed by atoms with Gasteiger partial charge in [-0.3, -0.25) is 14.9 Å². The zero-order chi connectivity index (χ0) is 16.6. The molecule has 1 atom stereocenters. The molecule has 0 saturated heterocycles. The van der Waals surface area contributed by atoms with Crippen molar-refractivity contribution in [1.29, 1.82) is 0 Å². The van der Waals surface area contributed by atoms with Crippen molar-refractivity contribution in [3.05, 3.63) is 63.2 Å². The number of carbonyl (C=O) groups excluding carboxylic acids is 1. The van der Waals surface area contributed by atoms with Crippen molar-refractivity contribution in [2.75, 3.05) is 5.73 Å². The quantitative estimate of drug-likeness (QED) is 0.510. The summed E-state index contributed by atoms with van der Waals surface area (Å²) >= 11 is 1.61. The molecule has 4 N–H and O–H groups in total. The summed E-state index contributed by atoms with van der Waals surface area (Å²) in [6, 6.07) is 10.6. The molecule has 1 aliphatic rings. The summed E-state index contributed by atoms with van der Waals surface area (Å²) in [7, 11) is 0. The van der Waals surface area contributed by atoms with E-state index in [9.17, 15) is 14.9 Å². The third kappa shape index (κ3) is 2.87. The largest absolute Gasteiger partial charge is 0.398 e. The minimum Gasteiger partial charge on any atom is -0.398 e. The summed E-state index contributed by atoms with van der Waals surface area (Å²) in [6.45, 7) is 0. The van der Waals surface area contributed by atoms with Gasteiger partial charge < -0.3 is 11.5 Å². The van der Waals surface area contributed by atoms with E-state index in [2.05, 4.69) is 6.07 Å². The molecule has 1 unspecified atom stereocenters. The number of anilines is 1. The van der Waals surface area contributed by atoms with Gasteiger partial charge in [0, 0.05) is 28.0 Å². The van der Waals surface area contributed by atoms with Crippen LogP contribution >= 0.6 is 11.8 Å². The first kappa shape index (κ1) is 15.4. The number of fused-ring (bicyclic) bond motifs is 1. The zero-order valence-electron chi connectivity index (χ0n) is 12.2. The average molecular weight is 329 g/mol. The Morgan fingerprint density at radius 2 is 2.04 bits per heavy atom. The highest BCUT2D eigenvalue weighted by Crippen LogP contribution is 2.47. The van der Waals surface area contributed by atoms with Crippen LogP contribution in [0.25, 0.3) is 0 Å². The number of nitro groups is 1. The van der Waals surface area contributed by atoms with Crippen LogP contribution in [0, 0.1) is 10.1 Å². The topological polar surface area (TPSA) is 112 Å². The molecule has 1 aliphatic heterocycles. The van der Waals surface area contributed by atoms with E-state index < -0.39 is 10.8 Å². The fourth-order valence-corrected chi connectivity index (χ4v) is 4.12. The summed E-state index contributed by atoms with van der Waals surface area (Å²) in [5.74, 6) is -0.756. The van der Waals surface area contributed by atoms with Crippen molar-refractivity contribution >= 4 is 29.0 Å². The van der Waals surface area contributed by atoms with Crippen molar-refractivity contribution in [3.8, 4) is 0 Å². The predicted octanol–water partition coefficient (Wildman–Crippen LogP) is 3.06. The fraction of sp³-hybridized carbons (Fsp3) is 0.188. The van der Waals surface area contributed by atoms with Gasteiger partial charge in [0.15, 0.2) is 0 Å². The number of nitrogens with zero attached hydrogens (tertiary/aromatic N) is 1. The molecule has 0 aliphatic carbocycles. The number of hydrogen-bond donors (Lipinski definition) is 2. The van der Waals surface area contributed by atoms with Gasteiger partial charge in [0.1, 0.15) is 0 Å². The number of primary amides is 1. The third-order valence-corrected chi connectivity index (χ3v) is 5.36. The molecule has 1 amide bonds. The molecule has 0 aromatic heterocycles. The van der Waals surface area contributed by atoms with Crippen molar-refractivity contribution < 1.29 is 9.72 Å². The van der Waals surface area contributed by atoms with Crippen LogP contribution in [0.1, 0.15) is 33.2 Å². The van der Waals surface area contributed by atoms with Crippen LogP contribution in [0.15, 0.2) is 41.3 Å². The fourth-order valence-electron chi connectivity index (χ4n) is 2.78. The molecule has 7 heteroatoms. The Kier molecular flexibility index (Phi) is 3.96. The smallest absolute Gasteiger partial charge is 0.270 e.